The molecule has 1 unspecified atom stereocenters. The van der Waals surface area contributed by atoms with Gasteiger partial charge in [-0.05, 0) is 35.8 Å². The van der Waals surface area contributed by atoms with Crippen molar-refractivity contribution in [1.29, 1.82) is 0 Å². The van der Waals surface area contributed by atoms with Gasteiger partial charge < -0.3 is 5.11 Å². The molecule has 1 aromatic heterocycles. The van der Waals surface area contributed by atoms with E-state index in [0.717, 1.165) is 0 Å². The number of nitrogens with zero attached hydrogens (tertiary/aromatic N) is 2. The van der Waals surface area contributed by atoms with Crippen LogP contribution in [-0.2, 0) is 0 Å². The van der Waals surface area contributed by atoms with Crippen LogP contribution in [0.2, 0.25) is 0 Å². The van der Waals surface area contributed by atoms with Crippen LogP contribution in [0.3, 0.4) is 0 Å². The van der Waals surface area contributed by atoms with E-state index in [0.29, 0.717) is 10.2 Å². The summed E-state index contributed by atoms with van der Waals surface area (Å²) in [4.78, 5) is 0. The maximum Gasteiger partial charge on any atom is 0.129 e. The van der Waals surface area contributed by atoms with E-state index in [4.69, 9.17) is 0 Å². The van der Waals surface area contributed by atoms with Gasteiger partial charge >= 0.3 is 0 Å². The first-order chi connectivity index (χ1) is 8.52. The third-order valence-corrected chi connectivity index (χ3v) is 3.35. The average Bonchev–Trinajstić information content (AvgIpc) is 2.71. The molecule has 0 saturated carbocycles. The molecule has 0 aliphatic heterocycles. The molecule has 0 aliphatic carbocycles. The summed E-state index contributed by atoms with van der Waals surface area (Å²) in [6, 6.07) is 6.30. The molecule has 0 saturated heterocycles. The van der Waals surface area contributed by atoms with E-state index >= 15 is 0 Å². The van der Waals surface area contributed by atoms with Crippen LogP contribution >= 0.6 is 15.9 Å². The Morgan fingerprint density at radius 1 is 1.33 bits per heavy atom. The Morgan fingerprint density at radius 3 is 2.61 bits per heavy atom. The van der Waals surface area contributed by atoms with E-state index in [1.54, 1.807) is 29.1 Å². The first-order valence-electron chi connectivity index (χ1n) is 5.67. The zero-order valence-electron chi connectivity index (χ0n) is 10.1. The molecular formula is C13H14BrFN2O. The molecule has 0 fully saturated rings. The molecule has 3 nitrogen and oxygen atoms in total. The smallest absolute Gasteiger partial charge is 0.129 e. The molecule has 96 valence electrons. The molecule has 0 radical (unpaired) electrons. The van der Waals surface area contributed by atoms with E-state index < -0.39 is 11.9 Å². The van der Waals surface area contributed by atoms with E-state index in [-0.39, 0.29) is 11.6 Å². The highest BCUT2D eigenvalue weighted by atomic mass is 79.9. The number of aliphatic hydroxyl groups excluding tert-OH is 1. The molecule has 0 spiro atoms. The summed E-state index contributed by atoms with van der Waals surface area (Å²) < 4.78 is 16.0. The Hall–Kier alpha value is -1.20. The Morgan fingerprint density at radius 2 is 2.00 bits per heavy atom. The van der Waals surface area contributed by atoms with Crippen molar-refractivity contribution in [3.8, 4) is 0 Å². The van der Waals surface area contributed by atoms with Crippen LogP contribution in [-0.4, -0.2) is 14.9 Å². The van der Waals surface area contributed by atoms with Gasteiger partial charge in [-0.25, -0.2) is 4.39 Å². The highest BCUT2D eigenvalue weighted by Gasteiger charge is 2.23. The standard InChI is InChI=1S/C13H14BrFN2O/c1-8(2)17-12(10(14)7-16-17)13(18)9-5-3-4-6-11(9)15/h3-8,13,18H,1-2H3. The van der Waals surface area contributed by atoms with Crippen LogP contribution in [0.15, 0.2) is 34.9 Å². The van der Waals surface area contributed by atoms with E-state index in [1.165, 1.54) is 6.07 Å². The van der Waals surface area contributed by atoms with Crippen molar-refractivity contribution in [2.45, 2.75) is 26.0 Å². The lowest BCUT2D eigenvalue weighted by Crippen LogP contribution is -2.13. The van der Waals surface area contributed by atoms with Crippen LogP contribution in [0.25, 0.3) is 0 Å². The first kappa shape index (κ1) is 13.2. The maximum atomic E-state index is 13.7. The minimum atomic E-state index is -1.04. The number of rotatable bonds is 3. The Bertz CT molecular complexity index is 554. The highest BCUT2D eigenvalue weighted by Crippen LogP contribution is 2.31. The van der Waals surface area contributed by atoms with Crippen molar-refractivity contribution in [1.82, 2.24) is 9.78 Å². The lowest BCUT2D eigenvalue weighted by molar-refractivity contribution is 0.199. The summed E-state index contributed by atoms with van der Waals surface area (Å²) in [6.45, 7) is 3.91. The fourth-order valence-corrected chi connectivity index (χ4v) is 2.35. The normalized spacial score (nSPS) is 13.0. The monoisotopic (exact) mass is 312 g/mol. The van der Waals surface area contributed by atoms with Gasteiger partial charge in [-0.1, -0.05) is 18.2 Å². The molecule has 0 amide bonds. The lowest BCUT2D eigenvalue weighted by atomic mass is 10.1. The summed E-state index contributed by atoms with van der Waals surface area (Å²) in [6.07, 6.45) is 0.574. The number of benzene rings is 1. The van der Waals surface area contributed by atoms with Gasteiger partial charge in [0.1, 0.15) is 11.9 Å². The molecule has 18 heavy (non-hydrogen) atoms. The fourth-order valence-electron chi connectivity index (χ4n) is 1.86. The molecule has 1 atom stereocenters. The average molecular weight is 313 g/mol. The fraction of sp³-hybridized carbons (Fsp3) is 0.308. The van der Waals surface area contributed by atoms with Crippen LogP contribution in [0.4, 0.5) is 4.39 Å². The minimum absolute atomic E-state index is 0.0905. The maximum absolute atomic E-state index is 13.7. The topological polar surface area (TPSA) is 38.0 Å². The quantitative estimate of drug-likeness (QED) is 0.942. The molecule has 2 rings (SSSR count). The molecule has 0 bridgehead atoms. The van der Waals surface area contributed by atoms with E-state index in [1.807, 2.05) is 13.8 Å². The number of aliphatic hydroxyl groups is 1. The minimum Gasteiger partial charge on any atom is -0.382 e. The number of halogens is 2. The Kier molecular flexibility index (Phi) is 3.82. The van der Waals surface area contributed by atoms with Crippen LogP contribution < -0.4 is 0 Å². The lowest BCUT2D eigenvalue weighted by Gasteiger charge is -2.17. The van der Waals surface area contributed by atoms with Gasteiger partial charge in [-0.2, -0.15) is 5.10 Å². The van der Waals surface area contributed by atoms with E-state index in [2.05, 4.69) is 21.0 Å². The van der Waals surface area contributed by atoms with Crippen LogP contribution in [0, 0.1) is 5.82 Å². The predicted molar refractivity (Wildman–Crippen MR) is 70.8 cm³/mol. The zero-order chi connectivity index (χ0) is 13.3. The summed E-state index contributed by atoms with van der Waals surface area (Å²) in [5.41, 5.74) is 0.815. The molecule has 2 aromatic rings. The molecule has 1 aromatic carbocycles. The summed E-state index contributed by atoms with van der Waals surface area (Å²) >= 11 is 3.34. The number of hydrogen-bond acceptors (Lipinski definition) is 2. The van der Waals surface area contributed by atoms with Gasteiger partial charge in [-0.15, -0.1) is 0 Å². The highest BCUT2D eigenvalue weighted by molar-refractivity contribution is 9.10. The largest absolute Gasteiger partial charge is 0.382 e. The predicted octanol–water partition coefficient (Wildman–Crippen LogP) is 3.45. The second-order valence-corrected chi connectivity index (χ2v) is 5.19. The number of hydrogen-bond donors (Lipinski definition) is 1. The van der Waals surface area contributed by atoms with Crippen molar-refractivity contribution in [2.24, 2.45) is 0 Å². The Balaban J connectivity index is 2.49. The molecule has 1 heterocycles. The third-order valence-electron chi connectivity index (χ3n) is 2.73. The van der Waals surface area contributed by atoms with Crippen molar-refractivity contribution in [2.75, 3.05) is 0 Å². The van der Waals surface area contributed by atoms with Crippen molar-refractivity contribution in [3.63, 3.8) is 0 Å². The summed E-state index contributed by atoms with van der Waals surface area (Å²) in [5, 5.41) is 14.5. The van der Waals surface area contributed by atoms with Crippen molar-refractivity contribution < 1.29 is 9.50 Å². The van der Waals surface area contributed by atoms with Gasteiger partial charge in [-0.3, -0.25) is 4.68 Å². The molecule has 1 N–H and O–H groups in total. The SMILES string of the molecule is CC(C)n1ncc(Br)c1C(O)c1ccccc1F. The van der Waals surface area contributed by atoms with Crippen molar-refractivity contribution >= 4 is 15.9 Å². The second-order valence-electron chi connectivity index (χ2n) is 4.34. The zero-order valence-corrected chi connectivity index (χ0v) is 11.7. The molecule has 5 heteroatoms. The van der Waals surface area contributed by atoms with Gasteiger partial charge in [0.2, 0.25) is 0 Å². The Labute approximate surface area is 113 Å². The van der Waals surface area contributed by atoms with Gasteiger partial charge in [0, 0.05) is 11.6 Å². The van der Waals surface area contributed by atoms with Gasteiger partial charge in [0.25, 0.3) is 0 Å². The van der Waals surface area contributed by atoms with Crippen molar-refractivity contribution in [3.05, 3.63) is 52.0 Å². The third kappa shape index (κ3) is 2.33. The van der Waals surface area contributed by atoms with E-state index in [9.17, 15) is 9.50 Å². The molecule has 0 aliphatic rings. The second kappa shape index (κ2) is 5.20. The van der Waals surface area contributed by atoms with Crippen LogP contribution in [0.1, 0.15) is 37.3 Å². The molecular weight excluding hydrogens is 299 g/mol. The van der Waals surface area contributed by atoms with Gasteiger partial charge in [0.15, 0.2) is 0 Å². The van der Waals surface area contributed by atoms with Gasteiger partial charge in [0.05, 0.1) is 16.4 Å². The first-order valence-corrected chi connectivity index (χ1v) is 6.47. The van der Waals surface area contributed by atoms with Crippen LogP contribution in [0.5, 0.6) is 0 Å². The summed E-state index contributed by atoms with van der Waals surface area (Å²) in [5.74, 6) is -0.423. The summed E-state index contributed by atoms with van der Waals surface area (Å²) in [7, 11) is 0. The number of aromatic nitrogens is 2.